The summed E-state index contributed by atoms with van der Waals surface area (Å²) in [6.45, 7) is 8.27. The summed E-state index contributed by atoms with van der Waals surface area (Å²) in [5.41, 5.74) is 7.31. The number of nitrogens with two attached hydrogens (primary N) is 1. The van der Waals surface area contributed by atoms with E-state index in [-0.39, 0.29) is 11.9 Å². The molecule has 118 valence electrons. The van der Waals surface area contributed by atoms with Crippen LogP contribution in [0, 0.1) is 0 Å². The van der Waals surface area contributed by atoms with Crippen LogP contribution in [0.3, 0.4) is 0 Å². The van der Waals surface area contributed by atoms with Crippen LogP contribution in [0.1, 0.15) is 64.4 Å². The zero-order valence-electron chi connectivity index (χ0n) is 13.6. The minimum Gasteiger partial charge on any atom is -0.368 e. The first kappa shape index (κ1) is 16.0. The van der Waals surface area contributed by atoms with Crippen LogP contribution in [0.25, 0.3) is 0 Å². The number of amides is 1. The number of carbonyl (C=O) groups excluding carboxylic acids is 1. The second-order valence-corrected chi connectivity index (χ2v) is 6.45. The predicted octanol–water partition coefficient (Wildman–Crippen LogP) is 1.95. The summed E-state index contributed by atoms with van der Waals surface area (Å²) in [6, 6.07) is 2.75. The van der Waals surface area contributed by atoms with Crippen LogP contribution in [0.5, 0.6) is 0 Å². The smallest absolute Gasteiger partial charge is 0.237 e. The Bertz CT molecular complexity index is 506. The number of primary amides is 1. The Morgan fingerprint density at radius 1 is 1.52 bits per heavy atom. The molecule has 5 nitrogen and oxygen atoms in total. The second-order valence-electron chi connectivity index (χ2n) is 6.45. The van der Waals surface area contributed by atoms with E-state index in [4.69, 9.17) is 5.73 Å². The lowest BCUT2D eigenvalue weighted by Gasteiger charge is -2.31. The Labute approximate surface area is 127 Å². The monoisotopic (exact) mass is 292 g/mol. The maximum atomic E-state index is 11.9. The number of aromatic nitrogens is 2. The summed E-state index contributed by atoms with van der Waals surface area (Å²) in [5.74, 6) is -0.276. The molecule has 1 fully saturated rings. The zero-order chi connectivity index (χ0) is 15.6. The lowest BCUT2D eigenvalue weighted by atomic mass is 9.92. The summed E-state index contributed by atoms with van der Waals surface area (Å²) < 4.78 is 2.06. The van der Waals surface area contributed by atoms with E-state index in [2.05, 4.69) is 41.9 Å². The fourth-order valence-electron chi connectivity index (χ4n) is 2.89. The van der Waals surface area contributed by atoms with E-state index in [1.165, 1.54) is 5.69 Å². The molecule has 2 atom stereocenters. The highest BCUT2D eigenvalue weighted by atomic mass is 16.1. The van der Waals surface area contributed by atoms with Crippen LogP contribution < -0.4 is 11.1 Å². The fourth-order valence-corrected chi connectivity index (χ4v) is 2.89. The van der Waals surface area contributed by atoms with E-state index in [0.29, 0.717) is 12.5 Å². The molecule has 1 amide bonds. The molecule has 2 unspecified atom stereocenters. The van der Waals surface area contributed by atoms with Crippen molar-refractivity contribution in [3.05, 3.63) is 17.5 Å². The van der Waals surface area contributed by atoms with Gasteiger partial charge in [-0.25, -0.2) is 0 Å². The first-order valence-corrected chi connectivity index (χ1v) is 8.04. The molecule has 0 bridgehead atoms. The average Bonchev–Trinajstić information content (AvgIpc) is 3.13. The van der Waals surface area contributed by atoms with Crippen LogP contribution in [0.15, 0.2) is 6.07 Å². The van der Waals surface area contributed by atoms with Gasteiger partial charge in [0.2, 0.25) is 5.91 Å². The molecule has 21 heavy (non-hydrogen) atoms. The normalized spacial score (nSPS) is 19.2. The van der Waals surface area contributed by atoms with Gasteiger partial charge in [0.15, 0.2) is 0 Å². The van der Waals surface area contributed by atoms with Crippen molar-refractivity contribution in [2.75, 3.05) is 0 Å². The van der Waals surface area contributed by atoms with Crippen molar-refractivity contribution in [3.8, 4) is 0 Å². The zero-order valence-corrected chi connectivity index (χ0v) is 13.6. The molecule has 1 saturated carbocycles. The van der Waals surface area contributed by atoms with E-state index in [0.717, 1.165) is 31.4 Å². The molecule has 2 rings (SSSR count). The van der Waals surface area contributed by atoms with Crippen LogP contribution in [0.4, 0.5) is 0 Å². The molecule has 0 saturated heterocycles. The highest BCUT2D eigenvalue weighted by Crippen LogP contribution is 2.28. The van der Waals surface area contributed by atoms with Crippen LogP contribution >= 0.6 is 0 Å². The molecule has 0 aliphatic heterocycles. The molecule has 1 heterocycles. The van der Waals surface area contributed by atoms with Crippen molar-refractivity contribution >= 4 is 5.91 Å². The minimum absolute atomic E-state index is 0.143. The molecule has 1 aromatic rings. The molecular weight excluding hydrogens is 264 g/mol. The summed E-state index contributed by atoms with van der Waals surface area (Å²) in [4.78, 5) is 11.9. The molecular formula is C16H28N4O. The Morgan fingerprint density at radius 3 is 2.67 bits per heavy atom. The van der Waals surface area contributed by atoms with Gasteiger partial charge in [0.25, 0.3) is 0 Å². The van der Waals surface area contributed by atoms with Crippen LogP contribution in [-0.2, 0) is 17.6 Å². The fraction of sp³-hybridized carbons (Fsp3) is 0.750. The summed E-state index contributed by atoms with van der Waals surface area (Å²) >= 11 is 0. The number of rotatable bonds is 8. The van der Waals surface area contributed by atoms with Crippen molar-refractivity contribution in [2.24, 2.45) is 5.73 Å². The molecule has 0 spiro atoms. The number of hydrogen-bond acceptors (Lipinski definition) is 3. The summed E-state index contributed by atoms with van der Waals surface area (Å²) in [5, 5.41) is 8.08. The molecule has 0 aromatic carbocycles. The van der Waals surface area contributed by atoms with Crippen molar-refractivity contribution in [1.29, 1.82) is 0 Å². The molecule has 1 aromatic heterocycles. The molecule has 0 radical (unpaired) electrons. The maximum absolute atomic E-state index is 11.9. The minimum atomic E-state index is -0.663. The lowest BCUT2D eigenvalue weighted by Crippen LogP contribution is -2.55. The summed E-state index contributed by atoms with van der Waals surface area (Å²) in [7, 11) is 0. The summed E-state index contributed by atoms with van der Waals surface area (Å²) in [6.07, 6.45) is 4.82. The van der Waals surface area contributed by atoms with Gasteiger partial charge in [-0.05, 0) is 52.0 Å². The highest BCUT2D eigenvalue weighted by Gasteiger charge is 2.38. The Balaban J connectivity index is 2.16. The quantitative estimate of drug-likeness (QED) is 0.769. The number of carbonyl (C=O) groups is 1. The van der Waals surface area contributed by atoms with Gasteiger partial charge in [-0.1, -0.05) is 13.8 Å². The third-order valence-corrected chi connectivity index (χ3v) is 4.35. The van der Waals surface area contributed by atoms with Crippen molar-refractivity contribution < 1.29 is 4.79 Å². The first-order valence-electron chi connectivity index (χ1n) is 8.04. The van der Waals surface area contributed by atoms with Gasteiger partial charge >= 0.3 is 0 Å². The van der Waals surface area contributed by atoms with Gasteiger partial charge in [-0.2, -0.15) is 5.10 Å². The van der Waals surface area contributed by atoms with Gasteiger partial charge in [0.05, 0.1) is 17.3 Å². The second kappa shape index (κ2) is 6.18. The number of nitrogens with zero attached hydrogens (tertiary/aromatic N) is 2. The van der Waals surface area contributed by atoms with E-state index in [9.17, 15) is 4.79 Å². The van der Waals surface area contributed by atoms with Crippen LogP contribution in [-0.4, -0.2) is 27.3 Å². The average molecular weight is 292 g/mol. The third kappa shape index (κ3) is 3.64. The van der Waals surface area contributed by atoms with E-state index in [1.807, 2.05) is 6.92 Å². The molecule has 1 aliphatic rings. The number of aryl methyl sites for hydroxylation is 2. The molecule has 5 heteroatoms. The van der Waals surface area contributed by atoms with Gasteiger partial charge in [-0.3, -0.25) is 9.48 Å². The Hall–Kier alpha value is -1.36. The van der Waals surface area contributed by atoms with E-state index >= 15 is 0 Å². The number of hydrogen-bond donors (Lipinski definition) is 2. The van der Waals surface area contributed by atoms with Gasteiger partial charge < -0.3 is 11.1 Å². The Kier molecular flexibility index (Phi) is 4.71. The topological polar surface area (TPSA) is 72.9 Å². The highest BCUT2D eigenvalue weighted by molar-refractivity contribution is 5.84. The third-order valence-electron chi connectivity index (χ3n) is 4.35. The molecule has 1 aliphatic carbocycles. The molecule has 3 N–H and O–H groups in total. The predicted molar refractivity (Wildman–Crippen MR) is 84.1 cm³/mol. The van der Waals surface area contributed by atoms with E-state index < -0.39 is 5.54 Å². The van der Waals surface area contributed by atoms with Crippen molar-refractivity contribution in [2.45, 2.75) is 77.4 Å². The van der Waals surface area contributed by atoms with Crippen molar-refractivity contribution in [3.63, 3.8) is 0 Å². The van der Waals surface area contributed by atoms with Gasteiger partial charge in [-0.15, -0.1) is 0 Å². The van der Waals surface area contributed by atoms with Crippen molar-refractivity contribution in [1.82, 2.24) is 15.1 Å². The first-order chi connectivity index (χ1) is 9.89. The lowest BCUT2D eigenvalue weighted by molar-refractivity contribution is -0.124. The standard InChI is InChI=1S/C16H28N4O/c1-5-12-9-14(6-2)20(19-12)11(3)10-16(4,15(17)21)18-13-7-8-13/h9,11,13,18H,5-8,10H2,1-4H3,(H2,17,21). The SMILES string of the molecule is CCc1cc(CC)n(C(C)CC(C)(NC2CC2)C(N)=O)n1. The maximum Gasteiger partial charge on any atom is 0.237 e. The van der Waals surface area contributed by atoms with Crippen LogP contribution in [0.2, 0.25) is 0 Å². The Morgan fingerprint density at radius 2 is 2.19 bits per heavy atom. The van der Waals surface area contributed by atoms with Gasteiger partial charge in [0.1, 0.15) is 0 Å². The largest absolute Gasteiger partial charge is 0.368 e. The van der Waals surface area contributed by atoms with Gasteiger partial charge in [0, 0.05) is 11.7 Å². The number of nitrogens with one attached hydrogen (secondary N) is 1. The van der Waals surface area contributed by atoms with E-state index in [1.54, 1.807) is 0 Å².